The number of nitrogen functional groups attached to an aromatic ring is 1. The minimum absolute atomic E-state index is 0.204. The van der Waals surface area contributed by atoms with Gasteiger partial charge in [-0.05, 0) is 48.2 Å². The Morgan fingerprint density at radius 3 is 2.67 bits per heavy atom. The van der Waals surface area contributed by atoms with Gasteiger partial charge in [-0.25, -0.2) is 5.43 Å². The maximum atomic E-state index is 6.05. The minimum atomic E-state index is -0.204. The Morgan fingerprint density at radius 2 is 2.00 bits per heavy atom. The molecule has 1 unspecified atom stereocenters. The summed E-state index contributed by atoms with van der Waals surface area (Å²) < 4.78 is 5.82. The van der Waals surface area contributed by atoms with Crippen LogP contribution in [0, 0.1) is 0 Å². The van der Waals surface area contributed by atoms with Gasteiger partial charge in [0.15, 0.2) is 0 Å². The Kier molecular flexibility index (Phi) is 4.01. The highest BCUT2D eigenvalue weighted by Crippen LogP contribution is 2.32. The van der Waals surface area contributed by atoms with E-state index in [1.807, 2.05) is 36.4 Å². The third kappa shape index (κ3) is 3.29. The lowest BCUT2D eigenvalue weighted by Crippen LogP contribution is -2.29. The predicted octanol–water partition coefficient (Wildman–Crippen LogP) is 3.02. The molecule has 0 heterocycles. The molecule has 1 atom stereocenters. The van der Waals surface area contributed by atoms with Crippen LogP contribution in [-0.4, -0.2) is 6.10 Å². The van der Waals surface area contributed by atoms with Crippen molar-refractivity contribution in [3.63, 3.8) is 0 Å². The van der Waals surface area contributed by atoms with Crippen LogP contribution in [0.3, 0.4) is 0 Å². The van der Waals surface area contributed by atoms with Crippen molar-refractivity contribution in [3.8, 4) is 5.75 Å². The van der Waals surface area contributed by atoms with Crippen molar-refractivity contribution < 1.29 is 4.74 Å². The molecule has 0 saturated heterocycles. The topological polar surface area (TPSA) is 73.3 Å². The average molecular weight is 304 g/mol. The molecule has 110 valence electrons. The van der Waals surface area contributed by atoms with Crippen molar-refractivity contribution in [1.82, 2.24) is 5.43 Å². The molecule has 1 aliphatic carbocycles. The molecule has 0 spiro atoms. The number of nitrogens with one attached hydrogen (secondary N) is 1. The average Bonchev–Trinajstić information content (AvgIpc) is 3.26. The van der Waals surface area contributed by atoms with Gasteiger partial charge in [-0.1, -0.05) is 29.8 Å². The molecule has 4 nitrogen and oxygen atoms in total. The molecule has 1 saturated carbocycles. The second-order valence-corrected chi connectivity index (χ2v) is 5.70. The molecule has 5 heteroatoms. The Hall–Kier alpha value is -1.75. The molecule has 2 aromatic rings. The first-order valence-corrected chi connectivity index (χ1v) is 7.33. The Bertz CT molecular complexity index is 643. The van der Waals surface area contributed by atoms with Crippen molar-refractivity contribution in [2.75, 3.05) is 5.73 Å². The van der Waals surface area contributed by atoms with Crippen molar-refractivity contribution in [2.45, 2.75) is 25.0 Å². The standard InChI is InChI=1S/C16H18ClN3O/c17-11-4-7-14(15(18)9-11)16(20-19)10-2-1-3-13(8-10)21-12-5-6-12/h1-4,7-9,12,16,20H,5-6,18-19H2. The van der Waals surface area contributed by atoms with Gasteiger partial charge in [-0.2, -0.15) is 0 Å². The summed E-state index contributed by atoms with van der Waals surface area (Å²) in [5.74, 6) is 6.59. The number of hydrogen-bond donors (Lipinski definition) is 3. The van der Waals surface area contributed by atoms with Gasteiger partial charge in [0.1, 0.15) is 5.75 Å². The molecule has 0 bridgehead atoms. The van der Waals surface area contributed by atoms with Crippen molar-refractivity contribution >= 4 is 17.3 Å². The van der Waals surface area contributed by atoms with Crippen LogP contribution in [0.15, 0.2) is 42.5 Å². The molecular formula is C16H18ClN3O. The fraction of sp³-hybridized carbons (Fsp3) is 0.250. The lowest BCUT2D eigenvalue weighted by atomic mass is 9.97. The zero-order valence-electron chi connectivity index (χ0n) is 11.6. The van der Waals surface area contributed by atoms with Crippen LogP contribution in [0.2, 0.25) is 5.02 Å². The van der Waals surface area contributed by atoms with E-state index in [0.717, 1.165) is 29.7 Å². The molecule has 3 rings (SSSR count). The zero-order valence-corrected chi connectivity index (χ0v) is 12.3. The molecule has 1 fully saturated rings. The fourth-order valence-electron chi connectivity index (χ4n) is 2.32. The number of hydrogen-bond acceptors (Lipinski definition) is 4. The summed E-state index contributed by atoms with van der Waals surface area (Å²) >= 11 is 5.95. The lowest BCUT2D eigenvalue weighted by molar-refractivity contribution is 0.302. The van der Waals surface area contributed by atoms with Crippen molar-refractivity contribution in [1.29, 1.82) is 0 Å². The first-order valence-electron chi connectivity index (χ1n) is 6.95. The molecule has 0 radical (unpaired) electrons. The Balaban J connectivity index is 1.91. The van der Waals surface area contributed by atoms with Gasteiger partial charge in [0.05, 0.1) is 12.1 Å². The molecule has 0 aliphatic heterocycles. The predicted molar refractivity (Wildman–Crippen MR) is 85.1 cm³/mol. The number of benzene rings is 2. The molecule has 1 aliphatic rings. The second kappa shape index (κ2) is 5.93. The Labute approximate surface area is 129 Å². The van der Waals surface area contributed by atoms with Crippen molar-refractivity contribution in [2.24, 2.45) is 5.84 Å². The van der Waals surface area contributed by atoms with Gasteiger partial charge in [0.2, 0.25) is 0 Å². The summed E-state index contributed by atoms with van der Waals surface area (Å²) in [6, 6.07) is 13.1. The van der Waals surface area contributed by atoms with Crippen LogP contribution >= 0.6 is 11.6 Å². The van der Waals surface area contributed by atoms with Crippen LogP contribution in [0.1, 0.15) is 30.0 Å². The first-order chi connectivity index (χ1) is 10.2. The summed E-state index contributed by atoms with van der Waals surface area (Å²) in [4.78, 5) is 0. The SMILES string of the molecule is NNC(c1cccc(OC2CC2)c1)c1ccc(Cl)cc1N. The molecule has 0 aromatic heterocycles. The van der Waals surface area contributed by atoms with Gasteiger partial charge in [-0.15, -0.1) is 0 Å². The lowest BCUT2D eigenvalue weighted by Gasteiger charge is -2.19. The van der Waals surface area contributed by atoms with E-state index in [4.69, 9.17) is 27.9 Å². The normalized spacial score (nSPS) is 15.7. The summed E-state index contributed by atoms with van der Waals surface area (Å²) in [6.07, 6.45) is 2.63. The van der Waals surface area contributed by atoms with Crippen molar-refractivity contribution in [3.05, 3.63) is 58.6 Å². The second-order valence-electron chi connectivity index (χ2n) is 5.26. The number of ether oxygens (including phenoxy) is 1. The third-order valence-electron chi connectivity index (χ3n) is 3.55. The van der Waals surface area contributed by atoms with E-state index < -0.39 is 0 Å². The van der Waals surface area contributed by atoms with E-state index in [2.05, 4.69) is 5.43 Å². The van der Waals surface area contributed by atoms with Crippen LogP contribution in [0.5, 0.6) is 5.75 Å². The summed E-state index contributed by atoms with van der Waals surface area (Å²) in [5, 5.41) is 0.609. The monoisotopic (exact) mass is 303 g/mol. The molecule has 21 heavy (non-hydrogen) atoms. The summed E-state index contributed by atoms with van der Waals surface area (Å²) in [5.41, 5.74) is 11.4. The van der Waals surface area contributed by atoms with Crippen LogP contribution in [0.25, 0.3) is 0 Å². The number of nitrogens with two attached hydrogens (primary N) is 2. The number of hydrazine groups is 1. The maximum absolute atomic E-state index is 6.05. The quantitative estimate of drug-likeness (QED) is 0.451. The number of anilines is 1. The van der Waals surface area contributed by atoms with Crippen LogP contribution in [-0.2, 0) is 0 Å². The van der Waals surface area contributed by atoms with Gasteiger partial charge in [-0.3, -0.25) is 5.84 Å². The molecule has 0 amide bonds. The minimum Gasteiger partial charge on any atom is -0.490 e. The van der Waals surface area contributed by atoms with Gasteiger partial charge in [0, 0.05) is 10.7 Å². The smallest absolute Gasteiger partial charge is 0.120 e. The highest BCUT2D eigenvalue weighted by atomic mass is 35.5. The van der Waals surface area contributed by atoms with E-state index in [9.17, 15) is 0 Å². The number of halogens is 1. The highest BCUT2D eigenvalue weighted by Gasteiger charge is 2.24. The van der Waals surface area contributed by atoms with Gasteiger partial charge < -0.3 is 10.5 Å². The van der Waals surface area contributed by atoms with Crippen LogP contribution in [0.4, 0.5) is 5.69 Å². The number of rotatable bonds is 5. The summed E-state index contributed by atoms with van der Waals surface area (Å²) in [7, 11) is 0. The van der Waals surface area contributed by atoms with E-state index in [-0.39, 0.29) is 6.04 Å². The maximum Gasteiger partial charge on any atom is 0.120 e. The van der Waals surface area contributed by atoms with Gasteiger partial charge >= 0.3 is 0 Å². The van der Waals surface area contributed by atoms with Crippen LogP contribution < -0.4 is 21.7 Å². The first kappa shape index (κ1) is 14.2. The van der Waals surface area contributed by atoms with E-state index in [1.165, 1.54) is 0 Å². The molecule has 5 N–H and O–H groups in total. The molecule has 2 aromatic carbocycles. The van der Waals surface area contributed by atoms with Gasteiger partial charge in [0.25, 0.3) is 0 Å². The summed E-state index contributed by atoms with van der Waals surface area (Å²) in [6.45, 7) is 0. The fourth-order valence-corrected chi connectivity index (χ4v) is 2.50. The van der Waals surface area contributed by atoms with E-state index in [1.54, 1.807) is 6.07 Å². The Morgan fingerprint density at radius 1 is 1.19 bits per heavy atom. The third-order valence-corrected chi connectivity index (χ3v) is 3.78. The highest BCUT2D eigenvalue weighted by molar-refractivity contribution is 6.30. The van der Waals surface area contributed by atoms with E-state index in [0.29, 0.717) is 16.8 Å². The van der Waals surface area contributed by atoms with E-state index >= 15 is 0 Å². The molecular weight excluding hydrogens is 286 g/mol. The largest absolute Gasteiger partial charge is 0.490 e. The zero-order chi connectivity index (χ0) is 14.8.